The standard InChI is InChI=1S/C22H22OS/c1-15(2)18-7-9-19(10-8-18)21-11-12-22(24-21)20(23)14-17-6-4-5-16(3)13-17/h4-13,15H,14H2,1-3H3. The van der Waals surface area contributed by atoms with Crippen molar-refractivity contribution < 1.29 is 4.79 Å². The molecule has 1 heterocycles. The van der Waals surface area contributed by atoms with E-state index in [1.807, 2.05) is 18.2 Å². The van der Waals surface area contributed by atoms with E-state index in [2.05, 4.69) is 63.2 Å². The smallest absolute Gasteiger partial charge is 0.177 e. The molecule has 0 saturated carbocycles. The lowest BCUT2D eigenvalue weighted by molar-refractivity contribution is 0.0997. The number of carbonyl (C=O) groups is 1. The molecular weight excluding hydrogens is 312 g/mol. The maximum atomic E-state index is 12.5. The fraction of sp³-hybridized carbons (Fsp3) is 0.227. The Morgan fingerprint density at radius 3 is 2.42 bits per heavy atom. The van der Waals surface area contributed by atoms with Crippen molar-refractivity contribution in [3.05, 3.63) is 82.2 Å². The highest BCUT2D eigenvalue weighted by Crippen LogP contribution is 2.30. The predicted octanol–water partition coefficient (Wildman–Crippen LogP) is 6.27. The van der Waals surface area contributed by atoms with E-state index in [4.69, 9.17) is 0 Å². The SMILES string of the molecule is Cc1cccc(CC(=O)c2ccc(-c3ccc(C(C)C)cc3)s2)c1. The lowest BCUT2D eigenvalue weighted by atomic mass is 10.0. The molecule has 2 aromatic carbocycles. The second-order valence-electron chi connectivity index (χ2n) is 6.53. The van der Waals surface area contributed by atoms with Crippen LogP contribution < -0.4 is 0 Å². The van der Waals surface area contributed by atoms with Crippen molar-refractivity contribution in [2.24, 2.45) is 0 Å². The molecular formula is C22H22OS. The van der Waals surface area contributed by atoms with Gasteiger partial charge in [0.2, 0.25) is 0 Å². The van der Waals surface area contributed by atoms with Crippen molar-refractivity contribution in [3.63, 3.8) is 0 Å². The van der Waals surface area contributed by atoms with E-state index >= 15 is 0 Å². The Morgan fingerprint density at radius 1 is 1.00 bits per heavy atom. The van der Waals surface area contributed by atoms with Crippen molar-refractivity contribution in [1.82, 2.24) is 0 Å². The van der Waals surface area contributed by atoms with Gasteiger partial charge < -0.3 is 0 Å². The molecule has 2 heteroatoms. The first-order valence-corrected chi connectivity index (χ1v) is 9.13. The monoisotopic (exact) mass is 334 g/mol. The molecule has 0 unspecified atom stereocenters. The van der Waals surface area contributed by atoms with Gasteiger partial charge in [-0.3, -0.25) is 4.79 Å². The highest BCUT2D eigenvalue weighted by Gasteiger charge is 2.11. The minimum absolute atomic E-state index is 0.190. The van der Waals surface area contributed by atoms with E-state index in [9.17, 15) is 4.79 Å². The van der Waals surface area contributed by atoms with Crippen LogP contribution in [0.5, 0.6) is 0 Å². The van der Waals surface area contributed by atoms with Gasteiger partial charge in [0.15, 0.2) is 5.78 Å². The molecule has 1 nitrogen and oxygen atoms in total. The second kappa shape index (κ2) is 7.14. The number of carbonyl (C=O) groups excluding carboxylic acids is 1. The van der Waals surface area contributed by atoms with Crippen molar-refractivity contribution in [2.75, 3.05) is 0 Å². The van der Waals surface area contributed by atoms with Gasteiger partial charge in [0, 0.05) is 11.3 Å². The van der Waals surface area contributed by atoms with E-state index in [1.54, 1.807) is 11.3 Å². The maximum absolute atomic E-state index is 12.5. The molecule has 0 aliphatic rings. The summed E-state index contributed by atoms with van der Waals surface area (Å²) in [6.07, 6.45) is 0.466. The molecule has 24 heavy (non-hydrogen) atoms. The first kappa shape index (κ1) is 16.7. The summed E-state index contributed by atoms with van der Waals surface area (Å²) in [5.74, 6) is 0.726. The molecule has 1 aromatic heterocycles. The average Bonchev–Trinajstić information content (AvgIpc) is 3.05. The van der Waals surface area contributed by atoms with E-state index in [0.29, 0.717) is 12.3 Å². The quantitative estimate of drug-likeness (QED) is 0.502. The molecule has 3 aromatic rings. The zero-order valence-corrected chi connectivity index (χ0v) is 15.2. The van der Waals surface area contributed by atoms with Gasteiger partial charge >= 0.3 is 0 Å². The molecule has 0 spiro atoms. The van der Waals surface area contributed by atoms with Crippen LogP contribution in [0.2, 0.25) is 0 Å². The Bertz CT molecular complexity index is 840. The summed E-state index contributed by atoms with van der Waals surface area (Å²) >= 11 is 1.58. The Kier molecular flexibility index (Phi) is 4.96. The fourth-order valence-electron chi connectivity index (χ4n) is 2.77. The average molecular weight is 334 g/mol. The lowest BCUT2D eigenvalue weighted by Gasteiger charge is -2.05. The van der Waals surface area contributed by atoms with Crippen molar-refractivity contribution in [3.8, 4) is 10.4 Å². The van der Waals surface area contributed by atoms with Crippen LogP contribution >= 0.6 is 11.3 Å². The normalized spacial score (nSPS) is 11.0. The first-order valence-electron chi connectivity index (χ1n) is 8.32. The van der Waals surface area contributed by atoms with Crippen molar-refractivity contribution >= 4 is 17.1 Å². The van der Waals surface area contributed by atoms with Gasteiger partial charge in [-0.15, -0.1) is 11.3 Å². The van der Waals surface area contributed by atoms with Crippen LogP contribution in [0.25, 0.3) is 10.4 Å². The van der Waals surface area contributed by atoms with E-state index < -0.39 is 0 Å². The minimum atomic E-state index is 0.190. The topological polar surface area (TPSA) is 17.1 Å². The zero-order valence-electron chi connectivity index (χ0n) is 14.4. The summed E-state index contributed by atoms with van der Waals surface area (Å²) in [6, 6.07) is 20.8. The van der Waals surface area contributed by atoms with Crippen LogP contribution in [0.15, 0.2) is 60.7 Å². The summed E-state index contributed by atoms with van der Waals surface area (Å²) in [7, 11) is 0. The molecule has 0 atom stereocenters. The molecule has 0 aliphatic carbocycles. The third-order valence-electron chi connectivity index (χ3n) is 4.19. The third kappa shape index (κ3) is 3.82. The Hall–Kier alpha value is -2.19. The maximum Gasteiger partial charge on any atom is 0.177 e. The van der Waals surface area contributed by atoms with Gasteiger partial charge in [0.1, 0.15) is 0 Å². The van der Waals surface area contributed by atoms with Gasteiger partial charge in [0.25, 0.3) is 0 Å². The van der Waals surface area contributed by atoms with Crippen LogP contribution in [-0.2, 0) is 6.42 Å². The number of Topliss-reactive ketones (excluding diaryl/α,β-unsaturated/α-hetero) is 1. The number of aryl methyl sites for hydroxylation is 1. The minimum Gasteiger partial charge on any atom is -0.293 e. The summed E-state index contributed by atoms with van der Waals surface area (Å²) in [5.41, 5.74) is 4.79. The molecule has 3 rings (SSSR count). The largest absolute Gasteiger partial charge is 0.293 e. The molecule has 0 amide bonds. The summed E-state index contributed by atoms with van der Waals surface area (Å²) in [4.78, 5) is 14.5. The molecule has 0 bridgehead atoms. The highest BCUT2D eigenvalue weighted by atomic mass is 32.1. The molecule has 0 radical (unpaired) electrons. The summed E-state index contributed by atoms with van der Waals surface area (Å²) in [6.45, 7) is 6.45. The summed E-state index contributed by atoms with van der Waals surface area (Å²) in [5, 5.41) is 0. The highest BCUT2D eigenvalue weighted by molar-refractivity contribution is 7.17. The number of benzene rings is 2. The molecule has 0 aliphatic heterocycles. The Labute approximate surface area is 148 Å². The number of rotatable bonds is 5. The molecule has 122 valence electrons. The zero-order chi connectivity index (χ0) is 17.1. The number of hydrogen-bond donors (Lipinski definition) is 0. The van der Waals surface area contributed by atoms with Gasteiger partial charge in [-0.1, -0.05) is 67.9 Å². The van der Waals surface area contributed by atoms with Crippen LogP contribution in [0.3, 0.4) is 0 Å². The van der Waals surface area contributed by atoms with Crippen LogP contribution in [0.4, 0.5) is 0 Å². The van der Waals surface area contributed by atoms with Gasteiger partial charge in [-0.25, -0.2) is 0 Å². The number of ketones is 1. The predicted molar refractivity (Wildman–Crippen MR) is 103 cm³/mol. The Balaban J connectivity index is 1.76. The van der Waals surface area contributed by atoms with E-state index in [0.717, 1.165) is 15.3 Å². The van der Waals surface area contributed by atoms with Gasteiger partial charge in [0.05, 0.1) is 4.88 Å². The molecule has 0 fully saturated rings. The lowest BCUT2D eigenvalue weighted by Crippen LogP contribution is -2.01. The molecule has 0 N–H and O–H groups in total. The number of hydrogen-bond acceptors (Lipinski definition) is 2. The second-order valence-corrected chi connectivity index (χ2v) is 7.61. The van der Waals surface area contributed by atoms with Crippen LogP contribution in [0.1, 0.15) is 46.1 Å². The third-order valence-corrected chi connectivity index (χ3v) is 5.37. The van der Waals surface area contributed by atoms with E-state index in [-0.39, 0.29) is 5.78 Å². The van der Waals surface area contributed by atoms with Crippen molar-refractivity contribution in [1.29, 1.82) is 0 Å². The van der Waals surface area contributed by atoms with E-state index in [1.165, 1.54) is 16.7 Å². The Morgan fingerprint density at radius 2 is 1.75 bits per heavy atom. The van der Waals surface area contributed by atoms with Gasteiger partial charge in [-0.05, 0) is 41.7 Å². The first-order chi connectivity index (χ1) is 11.5. The van der Waals surface area contributed by atoms with Crippen LogP contribution in [-0.4, -0.2) is 5.78 Å². The van der Waals surface area contributed by atoms with Crippen molar-refractivity contribution in [2.45, 2.75) is 33.1 Å². The fourth-order valence-corrected chi connectivity index (χ4v) is 3.72. The molecule has 0 saturated heterocycles. The summed E-state index contributed by atoms with van der Waals surface area (Å²) < 4.78 is 0. The van der Waals surface area contributed by atoms with Gasteiger partial charge in [-0.2, -0.15) is 0 Å². The van der Waals surface area contributed by atoms with Crippen LogP contribution in [0, 0.1) is 6.92 Å². The number of thiophene rings is 1.